The second-order valence-corrected chi connectivity index (χ2v) is 7.35. The molecule has 150 valence electrons. The summed E-state index contributed by atoms with van der Waals surface area (Å²) in [7, 11) is 0. The Morgan fingerprint density at radius 2 is 1.93 bits per heavy atom. The van der Waals surface area contributed by atoms with Crippen molar-refractivity contribution in [2.45, 2.75) is 26.2 Å². The number of rotatable bonds is 6. The molecule has 1 aliphatic heterocycles. The molecule has 0 bridgehead atoms. The van der Waals surface area contributed by atoms with E-state index in [1.165, 1.54) is 17.7 Å². The lowest BCUT2D eigenvalue weighted by molar-refractivity contribution is 0.322. The van der Waals surface area contributed by atoms with E-state index in [-0.39, 0.29) is 5.82 Å². The zero-order valence-corrected chi connectivity index (χ0v) is 16.6. The highest BCUT2D eigenvalue weighted by Crippen LogP contribution is 2.27. The molecule has 2 heterocycles. The normalized spacial score (nSPS) is 14.1. The number of halogens is 1. The van der Waals surface area contributed by atoms with E-state index in [9.17, 15) is 4.39 Å². The Morgan fingerprint density at radius 1 is 1.14 bits per heavy atom. The maximum Gasteiger partial charge on any atom is 0.156 e. The molecule has 1 aromatic heterocycles. The number of benzene rings is 2. The minimum absolute atomic E-state index is 0.210. The van der Waals surface area contributed by atoms with Crippen LogP contribution in [-0.2, 0) is 6.42 Å². The Hall–Kier alpha value is -3.08. The van der Waals surface area contributed by atoms with Crippen molar-refractivity contribution in [2.75, 3.05) is 24.6 Å². The lowest BCUT2D eigenvalue weighted by atomic mass is 10.0. The van der Waals surface area contributed by atoms with Gasteiger partial charge in [0.15, 0.2) is 5.76 Å². The molecule has 2 aromatic carbocycles. The van der Waals surface area contributed by atoms with E-state index in [2.05, 4.69) is 28.3 Å². The lowest BCUT2D eigenvalue weighted by Gasteiger charge is -2.29. The summed E-state index contributed by atoms with van der Waals surface area (Å²) in [6, 6.07) is 14.7. The van der Waals surface area contributed by atoms with Crippen LogP contribution in [0.15, 0.2) is 64.8 Å². The molecule has 5 heteroatoms. The predicted molar refractivity (Wildman–Crippen MR) is 113 cm³/mol. The largest absolute Gasteiger partial charge is 0.493 e. The standard InChI is InChI=1S/C24H25FN2O2/c1-18-24(17-26-29-18)27-12-9-20(10-13-27)15-21-3-2-4-23(16-21)28-14-11-19-5-7-22(25)8-6-19/h2-8,15-17H,9-14H2,1H3. The number of hydrogen-bond donors (Lipinski definition) is 0. The summed E-state index contributed by atoms with van der Waals surface area (Å²) >= 11 is 0. The molecule has 3 aromatic rings. The average Bonchev–Trinajstić information content (AvgIpc) is 3.16. The Balaban J connectivity index is 1.31. The second-order valence-electron chi connectivity index (χ2n) is 7.35. The van der Waals surface area contributed by atoms with Crippen LogP contribution in [0.3, 0.4) is 0 Å². The molecule has 0 radical (unpaired) electrons. The third-order valence-electron chi connectivity index (χ3n) is 5.27. The fourth-order valence-corrected chi connectivity index (χ4v) is 3.64. The number of aromatic nitrogens is 1. The van der Waals surface area contributed by atoms with E-state index in [1.54, 1.807) is 18.3 Å². The van der Waals surface area contributed by atoms with E-state index >= 15 is 0 Å². The van der Waals surface area contributed by atoms with E-state index < -0.39 is 0 Å². The third kappa shape index (κ3) is 5.05. The van der Waals surface area contributed by atoms with Crippen LogP contribution in [0.25, 0.3) is 6.08 Å². The van der Waals surface area contributed by atoms with Gasteiger partial charge in [-0.15, -0.1) is 0 Å². The summed E-state index contributed by atoms with van der Waals surface area (Å²) in [4.78, 5) is 2.33. The van der Waals surface area contributed by atoms with Crippen molar-refractivity contribution in [3.05, 3.63) is 83.0 Å². The topological polar surface area (TPSA) is 38.5 Å². The Morgan fingerprint density at radius 3 is 2.66 bits per heavy atom. The van der Waals surface area contributed by atoms with Gasteiger partial charge in [0.25, 0.3) is 0 Å². The summed E-state index contributed by atoms with van der Waals surface area (Å²) < 4.78 is 24.1. The smallest absolute Gasteiger partial charge is 0.156 e. The van der Waals surface area contributed by atoms with E-state index in [0.29, 0.717) is 6.61 Å². The number of piperidine rings is 1. The highest BCUT2D eigenvalue weighted by Gasteiger charge is 2.18. The van der Waals surface area contributed by atoms with Crippen LogP contribution < -0.4 is 9.64 Å². The van der Waals surface area contributed by atoms with Gasteiger partial charge in [-0.25, -0.2) is 4.39 Å². The van der Waals surface area contributed by atoms with Crippen LogP contribution >= 0.6 is 0 Å². The van der Waals surface area contributed by atoms with Crippen molar-refractivity contribution in [2.24, 2.45) is 0 Å². The number of hydrogen-bond acceptors (Lipinski definition) is 4. The fraction of sp³-hybridized carbons (Fsp3) is 0.292. The molecule has 29 heavy (non-hydrogen) atoms. The lowest BCUT2D eigenvalue weighted by Crippen LogP contribution is -2.30. The molecule has 0 atom stereocenters. The van der Waals surface area contributed by atoms with Crippen LogP contribution in [0.5, 0.6) is 5.75 Å². The summed E-state index contributed by atoms with van der Waals surface area (Å²) in [5, 5.41) is 3.88. The Labute approximate surface area is 170 Å². The first-order chi connectivity index (χ1) is 14.2. The van der Waals surface area contributed by atoms with E-state index in [1.807, 2.05) is 19.1 Å². The summed E-state index contributed by atoms with van der Waals surface area (Å²) in [5.74, 6) is 1.53. The molecule has 1 saturated heterocycles. The first-order valence-electron chi connectivity index (χ1n) is 10.0. The van der Waals surface area contributed by atoms with Crippen molar-refractivity contribution >= 4 is 11.8 Å². The second kappa shape index (κ2) is 8.95. The number of ether oxygens (including phenoxy) is 1. The van der Waals surface area contributed by atoms with Gasteiger partial charge in [0.1, 0.15) is 17.3 Å². The van der Waals surface area contributed by atoms with Crippen LogP contribution in [0.2, 0.25) is 0 Å². The number of nitrogens with zero attached hydrogens (tertiary/aromatic N) is 2. The molecule has 0 aliphatic carbocycles. The van der Waals surface area contributed by atoms with Crippen LogP contribution in [0.1, 0.15) is 29.7 Å². The Bertz CT molecular complexity index is 969. The van der Waals surface area contributed by atoms with Gasteiger partial charge in [0.05, 0.1) is 12.8 Å². The van der Waals surface area contributed by atoms with Gasteiger partial charge in [-0.05, 0) is 55.2 Å². The first kappa shape index (κ1) is 19.2. The molecule has 0 N–H and O–H groups in total. The number of aryl methyl sites for hydroxylation is 1. The average molecular weight is 392 g/mol. The van der Waals surface area contributed by atoms with E-state index in [0.717, 1.165) is 60.7 Å². The van der Waals surface area contributed by atoms with Crippen molar-refractivity contribution in [3.8, 4) is 5.75 Å². The summed E-state index contributed by atoms with van der Waals surface area (Å²) in [5.41, 5.74) is 4.77. The minimum atomic E-state index is -0.210. The molecule has 0 amide bonds. The molecule has 0 spiro atoms. The van der Waals surface area contributed by atoms with Crippen LogP contribution in [0, 0.1) is 12.7 Å². The highest BCUT2D eigenvalue weighted by molar-refractivity contribution is 5.57. The van der Waals surface area contributed by atoms with Crippen molar-refractivity contribution < 1.29 is 13.7 Å². The first-order valence-corrected chi connectivity index (χ1v) is 10.0. The monoisotopic (exact) mass is 392 g/mol. The Kier molecular flexibility index (Phi) is 5.94. The summed E-state index contributed by atoms with van der Waals surface area (Å²) in [6.07, 6.45) is 6.88. The maximum atomic E-state index is 13.0. The van der Waals surface area contributed by atoms with Gasteiger partial charge < -0.3 is 14.2 Å². The predicted octanol–water partition coefficient (Wildman–Crippen LogP) is 5.43. The maximum absolute atomic E-state index is 13.0. The molecular formula is C24H25FN2O2. The molecule has 0 saturated carbocycles. The summed E-state index contributed by atoms with van der Waals surface area (Å²) in [6.45, 7) is 4.47. The highest BCUT2D eigenvalue weighted by atomic mass is 19.1. The third-order valence-corrected chi connectivity index (χ3v) is 5.27. The zero-order chi connectivity index (χ0) is 20.1. The number of anilines is 1. The minimum Gasteiger partial charge on any atom is -0.493 e. The van der Waals surface area contributed by atoms with Gasteiger partial charge in [-0.3, -0.25) is 0 Å². The molecule has 4 rings (SSSR count). The van der Waals surface area contributed by atoms with Gasteiger partial charge in [-0.1, -0.05) is 41.1 Å². The fourth-order valence-electron chi connectivity index (χ4n) is 3.64. The molecule has 0 unspecified atom stereocenters. The van der Waals surface area contributed by atoms with Gasteiger partial charge in [-0.2, -0.15) is 0 Å². The van der Waals surface area contributed by atoms with Crippen molar-refractivity contribution in [1.82, 2.24) is 5.16 Å². The molecule has 1 fully saturated rings. The molecule has 4 nitrogen and oxygen atoms in total. The van der Waals surface area contributed by atoms with Gasteiger partial charge in [0, 0.05) is 19.5 Å². The molecule has 1 aliphatic rings. The van der Waals surface area contributed by atoms with Gasteiger partial charge >= 0.3 is 0 Å². The van der Waals surface area contributed by atoms with Crippen molar-refractivity contribution in [1.29, 1.82) is 0 Å². The van der Waals surface area contributed by atoms with E-state index in [4.69, 9.17) is 9.26 Å². The van der Waals surface area contributed by atoms with Crippen molar-refractivity contribution in [3.63, 3.8) is 0 Å². The zero-order valence-electron chi connectivity index (χ0n) is 16.6. The molecular weight excluding hydrogens is 367 g/mol. The van der Waals surface area contributed by atoms with Crippen LogP contribution in [-0.4, -0.2) is 24.9 Å². The SMILES string of the molecule is Cc1oncc1N1CCC(=Cc2cccc(OCCc3ccc(F)cc3)c2)CC1. The quantitative estimate of drug-likeness (QED) is 0.561. The van der Waals surface area contributed by atoms with Crippen LogP contribution in [0.4, 0.5) is 10.1 Å². The van der Waals surface area contributed by atoms with Gasteiger partial charge in [0.2, 0.25) is 0 Å².